The highest BCUT2D eigenvalue weighted by atomic mass is 16.5. The van der Waals surface area contributed by atoms with Crippen LogP contribution in [0.15, 0.2) is 24.3 Å². The SMILES string of the molecule is COc1cccc(C23CCC2CNC3)c1. The number of fused-ring (bicyclic) bond motifs is 1. The van der Waals surface area contributed by atoms with Crippen LogP contribution in [0.4, 0.5) is 0 Å². The van der Waals surface area contributed by atoms with Gasteiger partial charge in [-0.1, -0.05) is 12.1 Å². The molecular formula is C13H17NO. The topological polar surface area (TPSA) is 21.3 Å². The molecule has 0 amide bonds. The second-order valence-corrected chi connectivity index (χ2v) is 4.75. The van der Waals surface area contributed by atoms with Gasteiger partial charge in [-0.15, -0.1) is 0 Å². The van der Waals surface area contributed by atoms with Gasteiger partial charge in [0.1, 0.15) is 5.75 Å². The van der Waals surface area contributed by atoms with E-state index in [2.05, 4.69) is 23.5 Å². The first-order valence-electron chi connectivity index (χ1n) is 5.70. The van der Waals surface area contributed by atoms with Gasteiger partial charge in [0, 0.05) is 12.0 Å². The summed E-state index contributed by atoms with van der Waals surface area (Å²) in [5.74, 6) is 1.84. The van der Waals surface area contributed by atoms with E-state index in [1.807, 2.05) is 6.07 Å². The molecule has 0 spiro atoms. The lowest BCUT2D eigenvalue weighted by molar-refractivity contribution is 0.182. The summed E-state index contributed by atoms with van der Waals surface area (Å²) in [6, 6.07) is 8.59. The molecule has 0 aromatic heterocycles. The fraction of sp³-hybridized carbons (Fsp3) is 0.538. The Morgan fingerprint density at radius 3 is 3.07 bits per heavy atom. The van der Waals surface area contributed by atoms with Crippen molar-refractivity contribution in [2.24, 2.45) is 5.92 Å². The Morgan fingerprint density at radius 2 is 2.40 bits per heavy atom. The molecule has 2 fully saturated rings. The second-order valence-electron chi connectivity index (χ2n) is 4.75. The number of nitrogens with one attached hydrogen (secondary N) is 1. The van der Waals surface area contributed by atoms with Gasteiger partial charge in [-0.05, 0) is 43.0 Å². The van der Waals surface area contributed by atoms with E-state index in [0.29, 0.717) is 5.41 Å². The van der Waals surface area contributed by atoms with E-state index in [1.165, 1.54) is 24.9 Å². The van der Waals surface area contributed by atoms with Gasteiger partial charge in [-0.25, -0.2) is 0 Å². The molecule has 1 heterocycles. The minimum Gasteiger partial charge on any atom is -0.497 e. The van der Waals surface area contributed by atoms with E-state index in [1.54, 1.807) is 7.11 Å². The van der Waals surface area contributed by atoms with Crippen molar-refractivity contribution in [3.05, 3.63) is 29.8 Å². The largest absolute Gasteiger partial charge is 0.497 e. The number of benzene rings is 1. The smallest absolute Gasteiger partial charge is 0.119 e. The van der Waals surface area contributed by atoms with Gasteiger partial charge in [-0.3, -0.25) is 0 Å². The quantitative estimate of drug-likeness (QED) is 0.793. The van der Waals surface area contributed by atoms with Crippen molar-refractivity contribution < 1.29 is 4.74 Å². The Labute approximate surface area is 90.6 Å². The molecule has 1 aromatic rings. The molecule has 0 bridgehead atoms. The van der Waals surface area contributed by atoms with Crippen LogP contribution >= 0.6 is 0 Å². The molecule has 3 rings (SSSR count). The molecule has 15 heavy (non-hydrogen) atoms. The number of hydrogen-bond donors (Lipinski definition) is 1. The van der Waals surface area contributed by atoms with Crippen molar-refractivity contribution in [1.82, 2.24) is 5.32 Å². The van der Waals surface area contributed by atoms with Crippen LogP contribution < -0.4 is 10.1 Å². The van der Waals surface area contributed by atoms with Gasteiger partial charge in [0.05, 0.1) is 7.11 Å². The standard InChI is InChI=1S/C13H17NO/c1-15-12-4-2-3-10(7-12)13-6-5-11(13)8-14-9-13/h2-4,7,11,14H,5-6,8-9H2,1H3. The lowest BCUT2D eigenvalue weighted by atomic mass is 9.59. The summed E-state index contributed by atoms with van der Waals surface area (Å²) in [6.07, 6.45) is 2.71. The van der Waals surface area contributed by atoms with E-state index < -0.39 is 0 Å². The average molecular weight is 203 g/mol. The highest BCUT2D eigenvalue weighted by Gasteiger charge is 2.50. The highest BCUT2D eigenvalue weighted by Crippen LogP contribution is 2.51. The summed E-state index contributed by atoms with van der Waals surface area (Å²) >= 11 is 0. The summed E-state index contributed by atoms with van der Waals surface area (Å²) in [7, 11) is 1.74. The lowest BCUT2D eigenvalue weighted by Gasteiger charge is -2.44. The van der Waals surface area contributed by atoms with Crippen LogP contribution in [-0.2, 0) is 5.41 Å². The van der Waals surface area contributed by atoms with Crippen molar-refractivity contribution in [2.45, 2.75) is 18.3 Å². The Bertz CT molecular complexity index is 377. The molecule has 1 aliphatic heterocycles. The zero-order valence-corrected chi connectivity index (χ0v) is 9.12. The van der Waals surface area contributed by atoms with Crippen molar-refractivity contribution in [1.29, 1.82) is 0 Å². The van der Waals surface area contributed by atoms with E-state index in [4.69, 9.17) is 4.74 Å². The second kappa shape index (κ2) is 3.24. The maximum absolute atomic E-state index is 5.30. The first-order chi connectivity index (χ1) is 7.35. The van der Waals surface area contributed by atoms with Crippen LogP contribution in [0, 0.1) is 5.92 Å². The van der Waals surface area contributed by atoms with Crippen molar-refractivity contribution >= 4 is 0 Å². The molecule has 2 aliphatic rings. The van der Waals surface area contributed by atoms with Crippen molar-refractivity contribution in [2.75, 3.05) is 20.2 Å². The molecule has 2 heteroatoms. The normalized spacial score (nSPS) is 33.3. The Morgan fingerprint density at radius 1 is 1.47 bits per heavy atom. The van der Waals surface area contributed by atoms with Gasteiger partial charge in [0.2, 0.25) is 0 Å². The molecule has 1 N–H and O–H groups in total. The predicted octanol–water partition coefficient (Wildman–Crippen LogP) is 1.95. The summed E-state index contributed by atoms with van der Waals surface area (Å²) in [5, 5.41) is 3.52. The van der Waals surface area contributed by atoms with Crippen LogP contribution in [0.25, 0.3) is 0 Å². The molecule has 1 aromatic carbocycles. The Hall–Kier alpha value is -1.02. The van der Waals surface area contributed by atoms with Gasteiger partial charge < -0.3 is 10.1 Å². The molecule has 2 nitrogen and oxygen atoms in total. The predicted molar refractivity (Wildman–Crippen MR) is 60.3 cm³/mol. The summed E-state index contributed by atoms with van der Waals surface area (Å²) in [4.78, 5) is 0. The van der Waals surface area contributed by atoms with Crippen LogP contribution in [0.2, 0.25) is 0 Å². The number of methoxy groups -OCH3 is 1. The van der Waals surface area contributed by atoms with Gasteiger partial charge in [0.25, 0.3) is 0 Å². The van der Waals surface area contributed by atoms with Crippen LogP contribution in [0.5, 0.6) is 5.75 Å². The van der Waals surface area contributed by atoms with E-state index in [0.717, 1.165) is 18.2 Å². The fourth-order valence-corrected chi connectivity index (χ4v) is 3.11. The first-order valence-corrected chi connectivity index (χ1v) is 5.70. The van der Waals surface area contributed by atoms with Gasteiger partial charge >= 0.3 is 0 Å². The van der Waals surface area contributed by atoms with Crippen molar-refractivity contribution in [3.8, 4) is 5.75 Å². The van der Waals surface area contributed by atoms with Gasteiger partial charge in [0.15, 0.2) is 0 Å². The first kappa shape index (κ1) is 9.22. The monoisotopic (exact) mass is 203 g/mol. The molecule has 2 atom stereocenters. The third-order valence-corrected chi connectivity index (χ3v) is 4.20. The minimum atomic E-state index is 0.425. The van der Waals surface area contributed by atoms with Crippen LogP contribution in [0.1, 0.15) is 18.4 Å². The summed E-state index contributed by atoms with van der Waals surface area (Å²) in [6.45, 7) is 2.34. The molecule has 2 unspecified atom stereocenters. The molecule has 1 saturated heterocycles. The Balaban J connectivity index is 1.98. The van der Waals surface area contributed by atoms with Crippen LogP contribution in [-0.4, -0.2) is 20.2 Å². The zero-order chi connectivity index (χ0) is 10.3. The van der Waals surface area contributed by atoms with Crippen molar-refractivity contribution in [3.63, 3.8) is 0 Å². The highest BCUT2D eigenvalue weighted by molar-refractivity contribution is 5.38. The fourth-order valence-electron chi connectivity index (χ4n) is 3.11. The average Bonchev–Trinajstić information content (AvgIpc) is 2.55. The number of hydrogen-bond acceptors (Lipinski definition) is 2. The lowest BCUT2D eigenvalue weighted by Crippen LogP contribution is -2.43. The number of rotatable bonds is 2. The minimum absolute atomic E-state index is 0.425. The van der Waals surface area contributed by atoms with E-state index in [9.17, 15) is 0 Å². The molecule has 0 radical (unpaired) electrons. The maximum Gasteiger partial charge on any atom is 0.119 e. The number of ether oxygens (including phenoxy) is 1. The summed E-state index contributed by atoms with van der Waals surface area (Å²) in [5.41, 5.74) is 1.89. The van der Waals surface area contributed by atoms with E-state index in [-0.39, 0.29) is 0 Å². The molecule has 1 saturated carbocycles. The molecular weight excluding hydrogens is 186 g/mol. The third kappa shape index (κ3) is 1.21. The molecule has 80 valence electrons. The third-order valence-electron chi connectivity index (χ3n) is 4.20. The Kier molecular flexibility index (Phi) is 1.99. The summed E-state index contributed by atoms with van der Waals surface area (Å²) < 4.78 is 5.30. The van der Waals surface area contributed by atoms with Crippen LogP contribution in [0.3, 0.4) is 0 Å². The molecule has 1 aliphatic carbocycles. The van der Waals surface area contributed by atoms with E-state index >= 15 is 0 Å². The van der Waals surface area contributed by atoms with Gasteiger partial charge in [-0.2, -0.15) is 0 Å². The maximum atomic E-state index is 5.30. The zero-order valence-electron chi connectivity index (χ0n) is 9.12.